The number of aliphatic hydroxyl groups excluding tert-OH is 2. The molecule has 3 heterocycles. The second-order valence-electron chi connectivity index (χ2n) is 16.2. The van der Waals surface area contributed by atoms with Crippen LogP contribution in [0.2, 0.25) is 0 Å². The van der Waals surface area contributed by atoms with Crippen molar-refractivity contribution in [1.82, 2.24) is 30.2 Å². The predicted molar refractivity (Wildman–Crippen MR) is 229 cm³/mol. The van der Waals surface area contributed by atoms with Crippen molar-refractivity contribution in [2.75, 3.05) is 37.8 Å². The van der Waals surface area contributed by atoms with Gasteiger partial charge in [0.1, 0.15) is 36.3 Å². The normalized spacial score (nSPS) is 19.1. The summed E-state index contributed by atoms with van der Waals surface area (Å²) in [5, 5.41) is 26.5. The van der Waals surface area contributed by atoms with E-state index in [9.17, 15) is 57.9 Å². The van der Waals surface area contributed by atoms with E-state index in [1.807, 2.05) is 0 Å². The number of amides is 2. The molecular weight excluding hydrogens is 1100 g/mol. The zero-order chi connectivity index (χ0) is 48.3. The van der Waals surface area contributed by atoms with Gasteiger partial charge in [0, 0.05) is 37.1 Å². The van der Waals surface area contributed by atoms with Crippen LogP contribution in [0, 0.1) is 5.41 Å². The molecule has 1 aliphatic heterocycles. The van der Waals surface area contributed by atoms with Gasteiger partial charge in [-0.15, -0.1) is 0 Å². The molecule has 0 bridgehead atoms. The van der Waals surface area contributed by atoms with Crippen LogP contribution in [0.4, 0.5) is 5.82 Å². The molecule has 0 aromatic carbocycles. The Labute approximate surface area is 578 Å². The molecule has 0 aliphatic carbocycles. The van der Waals surface area contributed by atoms with Gasteiger partial charge in [0.15, 0.2) is 22.8 Å². The van der Waals surface area contributed by atoms with Gasteiger partial charge in [0.05, 0.1) is 27.4 Å². The number of aromatic nitrogens is 4. The van der Waals surface area contributed by atoms with E-state index in [1.165, 1.54) is 78.1 Å². The van der Waals surface area contributed by atoms with E-state index in [1.54, 1.807) is 0 Å². The molecule has 0 saturated carbocycles. The number of ether oxygens (including phenoxy) is 1. The van der Waals surface area contributed by atoms with E-state index in [4.69, 9.17) is 10.5 Å². The molecule has 2 aromatic rings. The Bertz CT molecular complexity index is 1980. The standard InChI is InChI=1S/C37H66N7O17P3S.4K/c1-4-5-6-7-8-9-10-11-12-13-14-15-16-17-28(46)65-21-20-39-27(45)18-19-40-35(49)32(48)37(2,3)23-58-64(55,56)61-63(53,54)57-22-26-31(60-62(50,51)52)30(47)36(59-26)44-25-43-29-33(38)41-24-42-34(29)44;;;;/h24-26,30-32,36,47-48H,4-23H2,1-3H3,(H,39,45)(H,40,49)(H,53,54)(H,55,56)(H2,38,41,42)(H2,50,51,52);;;;/q;4*+1/p-4/t26-,30-,31-,32+,36-;;;;/m1..../s1. The first kappa shape index (κ1) is 75.2. The molecule has 6 N–H and O–H groups in total. The van der Waals surface area contributed by atoms with Crippen molar-refractivity contribution in [3.8, 4) is 0 Å². The molecule has 1 saturated heterocycles. The van der Waals surface area contributed by atoms with Crippen molar-refractivity contribution < 1.29 is 286 Å². The van der Waals surface area contributed by atoms with Crippen molar-refractivity contribution in [2.45, 2.75) is 148 Å². The molecule has 2 unspecified atom stereocenters. The molecule has 2 amide bonds. The number of thioether (sulfide) groups is 1. The van der Waals surface area contributed by atoms with Crippen molar-refractivity contribution in [3.05, 3.63) is 12.7 Å². The quantitative estimate of drug-likeness (QED) is 0.0252. The summed E-state index contributed by atoms with van der Waals surface area (Å²) in [6.07, 6.45) is 8.77. The fraction of sp³-hybridized carbons (Fsp3) is 0.784. The van der Waals surface area contributed by atoms with E-state index >= 15 is 0 Å². The second-order valence-corrected chi connectivity index (χ2v) is 21.4. The number of nitrogens with one attached hydrogen (secondary N) is 2. The first-order valence-electron chi connectivity index (χ1n) is 21.5. The van der Waals surface area contributed by atoms with Crippen LogP contribution in [0.3, 0.4) is 0 Å². The van der Waals surface area contributed by atoms with E-state index in [0.717, 1.165) is 48.2 Å². The van der Waals surface area contributed by atoms with Crippen LogP contribution in [0.15, 0.2) is 12.7 Å². The summed E-state index contributed by atoms with van der Waals surface area (Å²) in [7, 11) is -17.6. The Morgan fingerprint density at radius 2 is 1.42 bits per heavy atom. The van der Waals surface area contributed by atoms with Crippen molar-refractivity contribution in [2.24, 2.45) is 5.41 Å². The maximum atomic E-state index is 12.6. The Hall–Kier alpha value is 4.11. The van der Waals surface area contributed by atoms with Crippen LogP contribution in [0.1, 0.15) is 123 Å². The number of hydrogen-bond acceptors (Lipinski definition) is 22. The number of nitrogens with zero attached hydrogens (tertiary/aromatic N) is 4. The third kappa shape index (κ3) is 29.8. The van der Waals surface area contributed by atoms with Crippen LogP contribution in [0.25, 0.3) is 11.2 Å². The van der Waals surface area contributed by atoms with Gasteiger partial charge >= 0.3 is 206 Å². The van der Waals surface area contributed by atoms with Crippen LogP contribution >= 0.6 is 35.2 Å². The molecule has 7 atom stereocenters. The minimum Gasteiger partial charge on any atom is -0.790 e. The number of carbonyl (C=O) groups is 3. The smallest absolute Gasteiger partial charge is 0.790 e. The minimum atomic E-state index is -5.92. The number of phosphoric ester groups is 3. The number of nitrogen functional groups attached to an aromatic ring is 1. The van der Waals surface area contributed by atoms with Crippen LogP contribution in [-0.4, -0.2) is 103 Å². The van der Waals surface area contributed by atoms with Gasteiger partial charge in [0.2, 0.25) is 11.8 Å². The van der Waals surface area contributed by atoms with E-state index < -0.39 is 84.6 Å². The first-order chi connectivity index (χ1) is 30.6. The Morgan fingerprint density at radius 1 is 0.855 bits per heavy atom. The fourth-order valence-corrected chi connectivity index (χ4v) is 10.1. The number of imidazole rings is 1. The maximum absolute atomic E-state index is 12.6. The summed E-state index contributed by atoms with van der Waals surface area (Å²) in [6.45, 7) is 2.41. The number of anilines is 1. The van der Waals surface area contributed by atoms with Crippen molar-refractivity contribution in [3.63, 3.8) is 0 Å². The molecule has 24 nitrogen and oxygen atoms in total. The van der Waals surface area contributed by atoms with Crippen molar-refractivity contribution >= 4 is 69.1 Å². The summed E-state index contributed by atoms with van der Waals surface area (Å²) < 4.78 is 60.8. The molecule has 32 heteroatoms. The number of unbranched alkanes of at least 4 members (excludes halogenated alkanes) is 12. The summed E-state index contributed by atoms with van der Waals surface area (Å²) in [6, 6.07) is 0. The molecule has 2 aromatic heterocycles. The zero-order valence-electron chi connectivity index (χ0n) is 40.8. The molecule has 1 fully saturated rings. The number of fused-ring (bicyclic) bond motifs is 1. The number of nitrogens with two attached hydrogens (primary N) is 1. The zero-order valence-corrected chi connectivity index (χ0v) is 56.8. The average Bonchev–Trinajstić information content (AvgIpc) is 3.79. The van der Waals surface area contributed by atoms with Crippen LogP contribution < -0.4 is 241 Å². The van der Waals surface area contributed by atoms with Gasteiger partial charge in [-0.25, -0.2) is 19.3 Å². The Kier molecular flexibility index (Phi) is 42.1. The maximum Gasteiger partial charge on any atom is 1.00 e. The SMILES string of the molecule is CCCCCCCCCCCCCCCC(=O)SCCNC(=O)CCNC(=O)[C@H](O)C(C)(C)COP(=O)([O-])OP(=O)([O-])OC[C@H]1O[C@@H](n2cnc3c(N)ncnc32)[C@H](O)[C@@H]1OP(=O)([O-])[O-].[K+].[K+].[K+].[K+]. The van der Waals surface area contributed by atoms with Gasteiger partial charge in [-0.3, -0.25) is 28.1 Å². The van der Waals surface area contributed by atoms with Crippen LogP contribution in [-0.2, 0) is 50.7 Å². The Balaban J connectivity index is 0. The monoisotopic (exact) mass is 1160 g/mol. The fourth-order valence-electron chi connectivity index (χ4n) is 6.63. The topological polar surface area (TPSA) is 375 Å². The van der Waals surface area contributed by atoms with E-state index in [2.05, 4.69) is 50.4 Å². The largest absolute Gasteiger partial charge is 1.00 e. The van der Waals surface area contributed by atoms with E-state index in [-0.39, 0.29) is 247 Å². The average molecular weight is 1160 g/mol. The third-order valence-corrected chi connectivity index (χ3v) is 14.2. The summed E-state index contributed by atoms with van der Waals surface area (Å²) in [5.74, 6) is -1.13. The molecule has 69 heavy (non-hydrogen) atoms. The summed E-state index contributed by atoms with van der Waals surface area (Å²) in [4.78, 5) is 96.7. The molecular formula is C37H62K4N7O17P3S. The molecule has 0 radical (unpaired) electrons. The first-order valence-corrected chi connectivity index (χ1v) is 26.9. The summed E-state index contributed by atoms with van der Waals surface area (Å²) >= 11 is 1.14. The minimum absolute atomic E-state index is 0. The third-order valence-electron chi connectivity index (χ3n) is 10.2. The number of hydrogen-bond donors (Lipinski definition) is 5. The molecule has 1 aliphatic rings. The number of rotatable bonds is 33. The van der Waals surface area contributed by atoms with Gasteiger partial charge in [-0.05, 0) is 6.42 Å². The number of phosphoric acid groups is 3. The molecule has 372 valence electrons. The van der Waals surface area contributed by atoms with Crippen LogP contribution in [0.5, 0.6) is 0 Å². The van der Waals surface area contributed by atoms with Gasteiger partial charge in [-0.1, -0.05) is 110 Å². The Morgan fingerprint density at radius 3 is 2.00 bits per heavy atom. The number of aliphatic hydroxyl groups is 2. The predicted octanol–water partition coefficient (Wildman–Crippen LogP) is -10.4. The summed E-state index contributed by atoms with van der Waals surface area (Å²) in [5.41, 5.74) is 4.09. The number of carbonyl (C=O) groups excluding carboxylic acids is 3. The molecule has 3 rings (SSSR count). The molecule has 0 spiro atoms. The van der Waals surface area contributed by atoms with E-state index in [0.29, 0.717) is 12.2 Å². The van der Waals surface area contributed by atoms with Crippen molar-refractivity contribution in [1.29, 1.82) is 0 Å². The van der Waals surface area contributed by atoms with Gasteiger partial charge in [0.25, 0.3) is 15.6 Å². The van der Waals surface area contributed by atoms with Gasteiger partial charge < -0.3 is 69.0 Å². The second kappa shape index (κ2) is 38.7. The van der Waals surface area contributed by atoms with Gasteiger partial charge in [-0.2, -0.15) is 0 Å².